The van der Waals surface area contributed by atoms with Gasteiger partial charge in [-0.25, -0.2) is 13.1 Å². The first-order chi connectivity index (χ1) is 14.7. The third kappa shape index (κ3) is 4.65. The van der Waals surface area contributed by atoms with E-state index in [0.717, 1.165) is 47.2 Å². The molecule has 162 valence electrons. The van der Waals surface area contributed by atoms with Gasteiger partial charge in [0.25, 0.3) is 0 Å². The molecule has 0 radical (unpaired) electrons. The van der Waals surface area contributed by atoms with Crippen molar-refractivity contribution < 1.29 is 21.6 Å². The van der Waals surface area contributed by atoms with Crippen LogP contribution < -0.4 is 4.72 Å². The standard InChI is InChI=1S/C23H21F3N2O2S/c1-15-14-27-12-11-19(15)17-5-4-6-18(13-17)22(16-9-10-16)28-31(29,30)21-8-3-2-7-20(21)23(24,25)26/h2-8,11-14,16,22,28H,9-10H2,1H3. The van der Waals surface area contributed by atoms with Crippen LogP contribution in [0, 0.1) is 12.8 Å². The van der Waals surface area contributed by atoms with Gasteiger partial charge in [0, 0.05) is 18.4 Å². The zero-order valence-electron chi connectivity index (χ0n) is 16.7. The number of hydrogen-bond donors (Lipinski definition) is 1. The van der Waals surface area contributed by atoms with Crippen molar-refractivity contribution in [2.75, 3.05) is 0 Å². The Morgan fingerprint density at radius 3 is 2.48 bits per heavy atom. The van der Waals surface area contributed by atoms with Crippen molar-refractivity contribution in [1.82, 2.24) is 9.71 Å². The lowest BCUT2D eigenvalue weighted by Gasteiger charge is -2.21. The monoisotopic (exact) mass is 446 g/mol. The smallest absolute Gasteiger partial charge is 0.264 e. The summed E-state index contributed by atoms with van der Waals surface area (Å²) in [5, 5.41) is 0. The Kier molecular flexibility index (Phi) is 5.61. The minimum Gasteiger partial charge on any atom is -0.264 e. The molecule has 1 unspecified atom stereocenters. The van der Waals surface area contributed by atoms with Gasteiger partial charge in [-0.15, -0.1) is 0 Å². The van der Waals surface area contributed by atoms with Crippen LogP contribution in [0.2, 0.25) is 0 Å². The quantitative estimate of drug-likeness (QED) is 0.544. The molecule has 0 aliphatic heterocycles. The Balaban J connectivity index is 1.71. The maximum Gasteiger partial charge on any atom is 0.417 e. The molecule has 1 aromatic heterocycles. The van der Waals surface area contributed by atoms with E-state index in [1.807, 2.05) is 31.2 Å². The van der Waals surface area contributed by atoms with Crippen LogP contribution in [0.3, 0.4) is 0 Å². The third-order valence-corrected chi connectivity index (χ3v) is 6.93. The number of nitrogens with one attached hydrogen (secondary N) is 1. The van der Waals surface area contributed by atoms with E-state index in [1.165, 1.54) is 12.1 Å². The van der Waals surface area contributed by atoms with Gasteiger partial charge in [0.05, 0.1) is 10.5 Å². The summed E-state index contributed by atoms with van der Waals surface area (Å²) in [6.45, 7) is 1.93. The highest BCUT2D eigenvalue weighted by Gasteiger charge is 2.40. The third-order valence-electron chi connectivity index (χ3n) is 5.43. The van der Waals surface area contributed by atoms with Crippen LogP contribution >= 0.6 is 0 Å². The predicted octanol–water partition coefficient (Wildman–Crippen LogP) is 5.51. The lowest BCUT2D eigenvalue weighted by molar-refractivity contribution is -0.139. The Morgan fingerprint density at radius 2 is 1.81 bits per heavy atom. The van der Waals surface area contributed by atoms with Crippen LogP contribution in [0.25, 0.3) is 11.1 Å². The van der Waals surface area contributed by atoms with Crippen LogP contribution in [-0.2, 0) is 16.2 Å². The van der Waals surface area contributed by atoms with Gasteiger partial charge in [0.15, 0.2) is 0 Å². The molecule has 1 fully saturated rings. The lowest BCUT2D eigenvalue weighted by atomic mass is 9.96. The summed E-state index contributed by atoms with van der Waals surface area (Å²) in [4.78, 5) is 3.34. The molecule has 31 heavy (non-hydrogen) atoms. The van der Waals surface area contributed by atoms with Crippen molar-refractivity contribution in [2.45, 2.75) is 36.9 Å². The molecular formula is C23H21F3N2O2S. The number of halogens is 3. The SMILES string of the molecule is Cc1cnccc1-c1cccc(C(NS(=O)(=O)c2ccccc2C(F)(F)F)C2CC2)c1. The number of nitrogens with zero attached hydrogens (tertiary/aromatic N) is 1. The topological polar surface area (TPSA) is 59.1 Å². The first kappa shape index (κ1) is 21.5. The summed E-state index contributed by atoms with van der Waals surface area (Å²) in [5.74, 6) is 0.0432. The fourth-order valence-corrected chi connectivity index (χ4v) is 5.25. The van der Waals surface area contributed by atoms with Crippen molar-refractivity contribution >= 4 is 10.0 Å². The highest BCUT2D eigenvalue weighted by molar-refractivity contribution is 7.89. The van der Waals surface area contributed by atoms with Gasteiger partial charge in [-0.1, -0.05) is 30.3 Å². The van der Waals surface area contributed by atoms with Gasteiger partial charge in [-0.3, -0.25) is 4.98 Å². The van der Waals surface area contributed by atoms with Crippen molar-refractivity contribution in [3.63, 3.8) is 0 Å². The predicted molar refractivity (Wildman–Crippen MR) is 112 cm³/mol. The maximum absolute atomic E-state index is 13.4. The van der Waals surface area contributed by atoms with E-state index in [-0.39, 0.29) is 5.92 Å². The molecule has 0 spiro atoms. The Morgan fingerprint density at radius 1 is 1.06 bits per heavy atom. The molecule has 2 aromatic carbocycles. The number of hydrogen-bond acceptors (Lipinski definition) is 3. The highest BCUT2D eigenvalue weighted by atomic mass is 32.2. The molecule has 1 aliphatic rings. The average Bonchev–Trinajstić information content (AvgIpc) is 3.57. The van der Waals surface area contributed by atoms with E-state index >= 15 is 0 Å². The van der Waals surface area contributed by atoms with E-state index in [0.29, 0.717) is 0 Å². The van der Waals surface area contributed by atoms with Crippen LogP contribution in [0.5, 0.6) is 0 Å². The molecule has 1 aliphatic carbocycles. The summed E-state index contributed by atoms with van der Waals surface area (Å²) in [6.07, 6.45) is 0.291. The fraction of sp³-hybridized carbons (Fsp3) is 0.261. The van der Waals surface area contributed by atoms with Crippen LogP contribution in [0.15, 0.2) is 71.9 Å². The summed E-state index contributed by atoms with van der Waals surface area (Å²) in [5.41, 5.74) is 2.40. The second-order valence-electron chi connectivity index (χ2n) is 7.75. The van der Waals surface area contributed by atoms with Crippen molar-refractivity contribution in [1.29, 1.82) is 0 Å². The zero-order chi connectivity index (χ0) is 22.2. The van der Waals surface area contributed by atoms with Crippen LogP contribution in [0.1, 0.15) is 35.6 Å². The van der Waals surface area contributed by atoms with Crippen molar-refractivity contribution in [2.24, 2.45) is 5.92 Å². The van der Waals surface area contributed by atoms with Gasteiger partial charge in [-0.05, 0) is 72.2 Å². The van der Waals surface area contributed by atoms with Gasteiger partial charge < -0.3 is 0 Å². The van der Waals surface area contributed by atoms with E-state index in [2.05, 4.69) is 9.71 Å². The number of alkyl halides is 3. The van der Waals surface area contributed by atoms with Gasteiger partial charge >= 0.3 is 6.18 Å². The van der Waals surface area contributed by atoms with Crippen LogP contribution in [0.4, 0.5) is 13.2 Å². The Bertz CT molecular complexity index is 1210. The molecule has 4 rings (SSSR count). The van der Waals surface area contributed by atoms with Crippen molar-refractivity contribution in [3.05, 3.63) is 83.7 Å². The number of benzene rings is 2. The molecule has 1 heterocycles. The molecule has 1 atom stereocenters. The van der Waals surface area contributed by atoms with E-state index in [4.69, 9.17) is 0 Å². The number of rotatable bonds is 6. The van der Waals surface area contributed by atoms with Crippen LogP contribution in [-0.4, -0.2) is 13.4 Å². The second kappa shape index (κ2) is 8.09. The molecule has 0 saturated heterocycles. The lowest BCUT2D eigenvalue weighted by Crippen LogP contribution is -2.31. The fourth-order valence-electron chi connectivity index (χ4n) is 3.73. The zero-order valence-corrected chi connectivity index (χ0v) is 17.5. The minimum atomic E-state index is -4.76. The van der Waals surface area contributed by atoms with Gasteiger partial charge in [-0.2, -0.15) is 13.2 Å². The molecule has 3 aromatic rings. The number of aryl methyl sites for hydroxylation is 1. The normalized spacial score (nSPS) is 15.6. The molecular weight excluding hydrogens is 425 g/mol. The Hall–Kier alpha value is -2.71. The summed E-state index contributed by atoms with van der Waals surface area (Å²) >= 11 is 0. The van der Waals surface area contributed by atoms with E-state index < -0.39 is 32.7 Å². The number of sulfonamides is 1. The largest absolute Gasteiger partial charge is 0.417 e. The second-order valence-corrected chi connectivity index (χ2v) is 9.43. The molecule has 0 amide bonds. The summed E-state index contributed by atoms with van der Waals surface area (Å²) in [6, 6.07) is 13.0. The minimum absolute atomic E-state index is 0.0432. The molecule has 8 heteroatoms. The first-order valence-corrected chi connectivity index (χ1v) is 11.3. The Labute approximate surface area is 179 Å². The molecule has 4 nitrogen and oxygen atoms in total. The number of aromatic nitrogens is 1. The van der Waals surface area contributed by atoms with E-state index in [9.17, 15) is 21.6 Å². The summed E-state index contributed by atoms with van der Waals surface area (Å²) < 4.78 is 68.7. The number of pyridine rings is 1. The van der Waals surface area contributed by atoms with Gasteiger partial charge in [0.1, 0.15) is 0 Å². The van der Waals surface area contributed by atoms with E-state index in [1.54, 1.807) is 18.5 Å². The van der Waals surface area contributed by atoms with Gasteiger partial charge in [0.2, 0.25) is 10.0 Å². The van der Waals surface area contributed by atoms with Crippen molar-refractivity contribution in [3.8, 4) is 11.1 Å². The highest BCUT2D eigenvalue weighted by Crippen LogP contribution is 2.43. The maximum atomic E-state index is 13.4. The summed E-state index contributed by atoms with van der Waals surface area (Å²) in [7, 11) is -4.39. The molecule has 0 bridgehead atoms. The molecule has 1 N–H and O–H groups in total. The average molecular weight is 446 g/mol. The molecule has 1 saturated carbocycles. The first-order valence-electron chi connectivity index (χ1n) is 9.86.